The minimum atomic E-state index is 0.949. The summed E-state index contributed by atoms with van der Waals surface area (Å²) in [6.45, 7) is 1.99. The Morgan fingerprint density at radius 1 is 0.750 bits per heavy atom. The summed E-state index contributed by atoms with van der Waals surface area (Å²) in [6, 6.07) is 26.0. The molecule has 1 aromatic heterocycles. The summed E-state index contributed by atoms with van der Waals surface area (Å²) < 4.78 is 0. The van der Waals surface area contributed by atoms with Crippen molar-refractivity contribution in [3.8, 4) is 11.1 Å². The van der Waals surface area contributed by atoms with E-state index in [0.717, 1.165) is 16.9 Å². The molecule has 0 aliphatic rings. The van der Waals surface area contributed by atoms with Crippen molar-refractivity contribution < 1.29 is 0 Å². The van der Waals surface area contributed by atoms with Crippen LogP contribution in [0.25, 0.3) is 43.7 Å². The maximum atomic E-state index is 4.52. The molecule has 5 rings (SSSR count). The molecule has 0 unspecified atom stereocenters. The smallest absolute Gasteiger partial charge is 0.104 e. The molecule has 114 valence electrons. The zero-order valence-electron chi connectivity index (χ0n) is 13.4. The van der Waals surface area contributed by atoms with Crippen molar-refractivity contribution in [3.05, 3.63) is 78.6 Å². The summed E-state index contributed by atoms with van der Waals surface area (Å²) in [6.07, 6.45) is 0. The van der Waals surface area contributed by atoms with Crippen LogP contribution in [-0.2, 0) is 0 Å². The van der Waals surface area contributed by atoms with Crippen LogP contribution in [0.5, 0.6) is 0 Å². The SMILES string of the molecule is Cc1nc2ccc(-c3c4ccccc4cc4ccccc34)cc2[nH]1. The van der Waals surface area contributed by atoms with E-state index < -0.39 is 0 Å². The standard InChI is InChI=1S/C22H16N2/c1-14-23-20-11-10-17(13-21(20)24-14)22-18-8-4-2-6-15(18)12-16-7-3-5-9-19(16)22/h2-13H,1H3,(H,23,24). The predicted molar refractivity (Wildman–Crippen MR) is 101 cm³/mol. The van der Waals surface area contributed by atoms with Crippen molar-refractivity contribution in [3.63, 3.8) is 0 Å². The first kappa shape index (κ1) is 13.3. The van der Waals surface area contributed by atoms with Crippen molar-refractivity contribution in [2.45, 2.75) is 6.92 Å². The van der Waals surface area contributed by atoms with Crippen LogP contribution in [0.1, 0.15) is 5.82 Å². The van der Waals surface area contributed by atoms with E-state index in [0.29, 0.717) is 0 Å². The second-order valence-electron chi connectivity index (χ2n) is 6.25. The minimum Gasteiger partial charge on any atom is -0.342 e. The molecule has 0 radical (unpaired) electrons. The lowest BCUT2D eigenvalue weighted by molar-refractivity contribution is 1.17. The number of imidazole rings is 1. The molecule has 0 saturated heterocycles. The zero-order chi connectivity index (χ0) is 16.1. The van der Waals surface area contributed by atoms with E-state index in [1.807, 2.05) is 6.92 Å². The van der Waals surface area contributed by atoms with Gasteiger partial charge in [-0.3, -0.25) is 0 Å². The second kappa shape index (κ2) is 4.93. The van der Waals surface area contributed by atoms with E-state index in [1.54, 1.807) is 0 Å². The summed E-state index contributed by atoms with van der Waals surface area (Å²) in [5, 5.41) is 5.11. The molecule has 0 aliphatic heterocycles. The Balaban J connectivity index is 1.94. The van der Waals surface area contributed by atoms with E-state index in [2.05, 4.69) is 82.8 Å². The number of H-pyrrole nitrogens is 1. The summed E-state index contributed by atoms with van der Waals surface area (Å²) in [5.74, 6) is 0.949. The molecular formula is C22H16N2. The van der Waals surface area contributed by atoms with E-state index >= 15 is 0 Å². The highest BCUT2D eigenvalue weighted by molar-refractivity contribution is 6.13. The van der Waals surface area contributed by atoms with Crippen molar-refractivity contribution in [1.29, 1.82) is 0 Å². The second-order valence-corrected chi connectivity index (χ2v) is 6.25. The van der Waals surface area contributed by atoms with Gasteiger partial charge in [0.15, 0.2) is 0 Å². The number of hydrogen-bond donors (Lipinski definition) is 1. The number of nitrogens with zero attached hydrogens (tertiary/aromatic N) is 1. The van der Waals surface area contributed by atoms with E-state index in [4.69, 9.17) is 0 Å². The number of fused-ring (bicyclic) bond motifs is 3. The molecule has 0 spiro atoms. The predicted octanol–water partition coefficient (Wildman–Crippen LogP) is 5.84. The van der Waals surface area contributed by atoms with Crippen LogP contribution < -0.4 is 0 Å². The Bertz CT molecular complexity index is 1160. The van der Waals surface area contributed by atoms with Crippen LogP contribution in [-0.4, -0.2) is 9.97 Å². The number of rotatable bonds is 1. The van der Waals surface area contributed by atoms with Gasteiger partial charge >= 0.3 is 0 Å². The molecule has 1 N–H and O–H groups in total. The van der Waals surface area contributed by atoms with E-state index in [1.165, 1.54) is 32.7 Å². The fourth-order valence-corrected chi connectivity index (χ4v) is 3.62. The molecule has 0 fully saturated rings. The highest BCUT2D eigenvalue weighted by atomic mass is 14.9. The number of aromatic nitrogens is 2. The van der Waals surface area contributed by atoms with Gasteiger partial charge in [-0.1, -0.05) is 54.6 Å². The zero-order valence-corrected chi connectivity index (χ0v) is 13.4. The number of aromatic amines is 1. The Kier molecular flexibility index (Phi) is 2.74. The number of nitrogens with one attached hydrogen (secondary N) is 1. The van der Waals surface area contributed by atoms with Gasteiger partial charge in [0, 0.05) is 0 Å². The average Bonchev–Trinajstić information content (AvgIpc) is 2.98. The fraction of sp³-hybridized carbons (Fsp3) is 0.0455. The maximum Gasteiger partial charge on any atom is 0.104 e. The molecule has 0 bridgehead atoms. The lowest BCUT2D eigenvalue weighted by Gasteiger charge is -2.12. The third-order valence-electron chi connectivity index (χ3n) is 4.66. The average molecular weight is 308 g/mol. The van der Waals surface area contributed by atoms with Crippen LogP contribution in [0, 0.1) is 6.92 Å². The Morgan fingerprint density at radius 2 is 1.42 bits per heavy atom. The van der Waals surface area contributed by atoms with Gasteiger partial charge < -0.3 is 4.98 Å². The molecule has 4 aromatic carbocycles. The molecule has 0 aliphatic carbocycles. The van der Waals surface area contributed by atoms with Gasteiger partial charge in [0.05, 0.1) is 11.0 Å². The summed E-state index contributed by atoms with van der Waals surface area (Å²) in [7, 11) is 0. The third kappa shape index (κ3) is 1.93. The van der Waals surface area contributed by atoms with Gasteiger partial charge in [0.25, 0.3) is 0 Å². The minimum absolute atomic E-state index is 0.949. The number of hydrogen-bond acceptors (Lipinski definition) is 1. The Morgan fingerprint density at radius 3 is 2.12 bits per heavy atom. The van der Waals surface area contributed by atoms with Gasteiger partial charge in [-0.15, -0.1) is 0 Å². The van der Waals surface area contributed by atoms with Crippen LogP contribution in [0.4, 0.5) is 0 Å². The summed E-state index contributed by atoms with van der Waals surface area (Å²) in [5.41, 5.74) is 4.61. The summed E-state index contributed by atoms with van der Waals surface area (Å²) >= 11 is 0. The van der Waals surface area contributed by atoms with Crippen molar-refractivity contribution in [2.75, 3.05) is 0 Å². The highest BCUT2D eigenvalue weighted by Gasteiger charge is 2.11. The molecule has 1 heterocycles. The van der Waals surface area contributed by atoms with Gasteiger partial charge in [-0.25, -0.2) is 4.98 Å². The Labute approximate surface area is 139 Å². The quantitative estimate of drug-likeness (QED) is 0.387. The third-order valence-corrected chi connectivity index (χ3v) is 4.66. The fourth-order valence-electron chi connectivity index (χ4n) is 3.62. The molecule has 0 saturated carbocycles. The van der Waals surface area contributed by atoms with Crippen molar-refractivity contribution >= 4 is 32.6 Å². The first-order valence-electron chi connectivity index (χ1n) is 8.17. The topological polar surface area (TPSA) is 28.7 Å². The lowest BCUT2D eigenvalue weighted by atomic mass is 9.92. The largest absolute Gasteiger partial charge is 0.342 e. The molecule has 0 atom stereocenters. The molecule has 0 amide bonds. The van der Waals surface area contributed by atoms with Crippen LogP contribution in [0.15, 0.2) is 72.8 Å². The molecule has 5 aromatic rings. The number of aryl methyl sites for hydroxylation is 1. The maximum absolute atomic E-state index is 4.52. The van der Waals surface area contributed by atoms with Crippen LogP contribution in [0.3, 0.4) is 0 Å². The van der Waals surface area contributed by atoms with Crippen LogP contribution >= 0.6 is 0 Å². The molecule has 2 nitrogen and oxygen atoms in total. The monoisotopic (exact) mass is 308 g/mol. The van der Waals surface area contributed by atoms with Gasteiger partial charge in [-0.05, 0) is 57.8 Å². The molecule has 24 heavy (non-hydrogen) atoms. The first-order chi connectivity index (χ1) is 11.8. The van der Waals surface area contributed by atoms with Gasteiger partial charge in [0.1, 0.15) is 5.82 Å². The van der Waals surface area contributed by atoms with Gasteiger partial charge in [-0.2, -0.15) is 0 Å². The van der Waals surface area contributed by atoms with E-state index in [9.17, 15) is 0 Å². The molecular weight excluding hydrogens is 292 g/mol. The lowest BCUT2D eigenvalue weighted by Crippen LogP contribution is -1.85. The number of benzene rings is 4. The summed E-state index contributed by atoms with van der Waals surface area (Å²) in [4.78, 5) is 7.87. The van der Waals surface area contributed by atoms with Crippen molar-refractivity contribution in [1.82, 2.24) is 9.97 Å². The normalized spacial score (nSPS) is 11.5. The first-order valence-corrected chi connectivity index (χ1v) is 8.17. The molecule has 2 heteroatoms. The van der Waals surface area contributed by atoms with Gasteiger partial charge in [0.2, 0.25) is 0 Å². The highest BCUT2D eigenvalue weighted by Crippen LogP contribution is 2.37. The van der Waals surface area contributed by atoms with Crippen molar-refractivity contribution in [2.24, 2.45) is 0 Å². The van der Waals surface area contributed by atoms with E-state index in [-0.39, 0.29) is 0 Å². The Hall–Kier alpha value is -3.13. The van der Waals surface area contributed by atoms with Crippen LogP contribution in [0.2, 0.25) is 0 Å².